The van der Waals surface area contributed by atoms with Gasteiger partial charge in [0.15, 0.2) is 5.78 Å². The predicted molar refractivity (Wildman–Crippen MR) is 120 cm³/mol. The van der Waals surface area contributed by atoms with Crippen LogP contribution in [-0.2, 0) is 4.79 Å². The van der Waals surface area contributed by atoms with Crippen LogP contribution in [0, 0.1) is 35.3 Å². The Balaban J connectivity index is 1.98. The van der Waals surface area contributed by atoms with E-state index in [1.807, 2.05) is 19.9 Å². The number of thiophene rings is 1. The molecule has 0 saturated carbocycles. The Labute approximate surface area is 188 Å². The molecule has 158 valence electrons. The molecule has 2 N–H and O–H groups in total. The van der Waals surface area contributed by atoms with Crippen molar-refractivity contribution in [2.75, 3.05) is 4.90 Å². The maximum absolute atomic E-state index is 13.1. The van der Waals surface area contributed by atoms with Crippen molar-refractivity contribution in [3.8, 4) is 6.07 Å². The number of nitro benzene ring substituents is 1. The number of hydrogen-bond acceptors (Lipinski definition) is 7. The molecule has 2 heterocycles. The molecule has 7 nitrogen and oxygen atoms in total. The number of nitriles is 1. The first kappa shape index (κ1) is 21.1. The van der Waals surface area contributed by atoms with E-state index in [1.54, 1.807) is 16.2 Å². The number of rotatable bonds is 3. The van der Waals surface area contributed by atoms with Crippen LogP contribution in [-0.4, -0.2) is 10.7 Å². The van der Waals surface area contributed by atoms with Crippen LogP contribution >= 0.6 is 22.9 Å². The number of benzene rings is 1. The molecule has 2 aliphatic rings. The van der Waals surface area contributed by atoms with Gasteiger partial charge in [-0.05, 0) is 44.4 Å². The predicted octanol–water partition coefficient (Wildman–Crippen LogP) is 5.23. The molecular weight excluding hydrogens is 436 g/mol. The van der Waals surface area contributed by atoms with Crippen molar-refractivity contribution >= 4 is 40.1 Å². The van der Waals surface area contributed by atoms with Crippen molar-refractivity contribution in [1.29, 1.82) is 5.26 Å². The van der Waals surface area contributed by atoms with E-state index in [-0.39, 0.29) is 27.9 Å². The van der Waals surface area contributed by atoms with Gasteiger partial charge in [0.1, 0.15) is 5.82 Å². The molecule has 0 bridgehead atoms. The van der Waals surface area contributed by atoms with Gasteiger partial charge in [0.2, 0.25) is 0 Å². The maximum atomic E-state index is 13.1. The Morgan fingerprint density at radius 2 is 2.06 bits per heavy atom. The van der Waals surface area contributed by atoms with Gasteiger partial charge in [0.05, 0.1) is 33.2 Å². The molecule has 0 saturated heterocycles. The summed E-state index contributed by atoms with van der Waals surface area (Å²) in [5, 5.41) is 21.3. The number of aryl methyl sites for hydroxylation is 2. The molecule has 1 aliphatic carbocycles. The van der Waals surface area contributed by atoms with Crippen LogP contribution in [0.25, 0.3) is 0 Å². The molecule has 0 radical (unpaired) electrons. The topological polar surface area (TPSA) is 113 Å². The third-order valence-electron chi connectivity index (χ3n) is 5.69. The number of nitrogens with two attached hydrogens (primary N) is 1. The van der Waals surface area contributed by atoms with Crippen LogP contribution in [0.3, 0.4) is 0 Å². The van der Waals surface area contributed by atoms with Crippen molar-refractivity contribution in [2.45, 2.75) is 39.0 Å². The van der Waals surface area contributed by atoms with E-state index in [0.717, 1.165) is 15.3 Å². The number of carbonyl (C=O) groups excluding carboxylic acids is 1. The zero-order chi connectivity index (χ0) is 22.4. The van der Waals surface area contributed by atoms with Crippen LogP contribution < -0.4 is 10.6 Å². The van der Waals surface area contributed by atoms with Crippen molar-refractivity contribution in [1.82, 2.24) is 0 Å². The summed E-state index contributed by atoms with van der Waals surface area (Å²) in [6, 6.07) is 8.32. The molecule has 0 amide bonds. The molecule has 4 rings (SSSR count). The molecule has 2 aromatic rings. The van der Waals surface area contributed by atoms with Crippen LogP contribution in [0.2, 0.25) is 5.02 Å². The van der Waals surface area contributed by atoms with E-state index in [9.17, 15) is 20.2 Å². The van der Waals surface area contributed by atoms with E-state index in [4.69, 9.17) is 17.3 Å². The quantitative estimate of drug-likeness (QED) is 0.501. The van der Waals surface area contributed by atoms with E-state index in [2.05, 4.69) is 6.07 Å². The van der Waals surface area contributed by atoms with E-state index in [0.29, 0.717) is 36.2 Å². The highest BCUT2D eigenvalue weighted by Gasteiger charge is 2.41. The number of nitrogens with zero attached hydrogens (tertiary/aromatic N) is 3. The summed E-state index contributed by atoms with van der Waals surface area (Å²) in [6.07, 6.45) is 1.65. The second kappa shape index (κ2) is 7.84. The molecule has 31 heavy (non-hydrogen) atoms. The van der Waals surface area contributed by atoms with Crippen molar-refractivity contribution in [3.63, 3.8) is 0 Å². The number of hydrogen-bond donors (Lipinski definition) is 1. The highest BCUT2D eigenvalue weighted by atomic mass is 35.5. The Kier molecular flexibility index (Phi) is 5.33. The average Bonchev–Trinajstić information content (AvgIpc) is 3.05. The highest BCUT2D eigenvalue weighted by Crippen LogP contribution is 2.49. The number of nitro groups is 1. The Bertz CT molecular complexity index is 1240. The van der Waals surface area contributed by atoms with Crippen LogP contribution in [0.4, 0.5) is 11.4 Å². The third kappa shape index (κ3) is 3.40. The smallest absolute Gasteiger partial charge is 0.271 e. The summed E-state index contributed by atoms with van der Waals surface area (Å²) in [4.78, 5) is 27.5. The molecule has 1 aliphatic heterocycles. The number of Topliss-reactive ketones (excluding diaryl/α,β-unsaturated/α-hetero) is 1. The zero-order valence-corrected chi connectivity index (χ0v) is 18.5. The van der Waals surface area contributed by atoms with E-state index < -0.39 is 10.8 Å². The first-order valence-electron chi connectivity index (χ1n) is 9.71. The Morgan fingerprint density at radius 1 is 1.32 bits per heavy atom. The lowest BCUT2D eigenvalue weighted by Crippen LogP contribution is -2.38. The van der Waals surface area contributed by atoms with Crippen LogP contribution in [0.15, 0.2) is 46.9 Å². The normalized spacial score (nSPS) is 18.8. The number of carbonyl (C=O) groups is 1. The average molecular weight is 455 g/mol. The highest BCUT2D eigenvalue weighted by molar-refractivity contribution is 7.12. The molecule has 0 unspecified atom stereocenters. The fraction of sp³-hybridized carbons (Fsp3) is 0.273. The largest absolute Gasteiger partial charge is 0.384 e. The fourth-order valence-electron chi connectivity index (χ4n) is 4.40. The molecule has 0 spiro atoms. The summed E-state index contributed by atoms with van der Waals surface area (Å²) in [6.45, 7) is 3.97. The van der Waals surface area contributed by atoms with Crippen molar-refractivity contribution in [2.24, 2.45) is 5.73 Å². The first-order valence-corrected chi connectivity index (χ1v) is 10.9. The summed E-state index contributed by atoms with van der Waals surface area (Å²) in [7, 11) is 0. The summed E-state index contributed by atoms with van der Waals surface area (Å²) in [5.74, 6) is -0.344. The second-order valence-corrected chi connectivity index (χ2v) is 9.45. The lowest BCUT2D eigenvalue weighted by Gasteiger charge is -2.39. The van der Waals surface area contributed by atoms with E-state index in [1.165, 1.54) is 18.2 Å². The molecule has 0 fully saturated rings. The number of anilines is 1. The molecular formula is C22H19ClN4O3S. The minimum atomic E-state index is -0.529. The number of allylic oxidation sites excluding steroid dienone is 3. The molecule has 1 aromatic carbocycles. The van der Waals surface area contributed by atoms with Gasteiger partial charge in [0, 0.05) is 39.6 Å². The first-order chi connectivity index (χ1) is 14.7. The third-order valence-corrected chi connectivity index (χ3v) is 6.97. The summed E-state index contributed by atoms with van der Waals surface area (Å²) in [5.41, 5.74) is 9.25. The van der Waals surface area contributed by atoms with Gasteiger partial charge in [-0.1, -0.05) is 11.6 Å². The van der Waals surface area contributed by atoms with Gasteiger partial charge >= 0.3 is 0 Å². The van der Waals surface area contributed by atoms with Crippen molar-refractivity contribution < 1.29 is 9.72 Å². The Morgan fingerprint density at radius 3 is 2.65 bits per heavy atom. The van der Waals surface area contributed by atoms with Crippen molar-refractivity contribution in [3.05, 3.63) is 77.4 Å². The summed E-state index contributed by atoms with van der Waals surface area (Å²) >= 11 is 8.02. The Hall–Kier alpha value is -3.15. The van der Waals surface area contributed by atoms with Gasteiger partial charge < -0.3 is 5.73 Å². The fourth-order valence-corrected chi connectivity index (χ4v) is 5.62. The number of ketones is 1. The minimum Gasteiger partial charge on any atom is -0.384 e. The van der Waals surface area contributed by atoms with Crippen LogP contribution in [0.1, 0.15) is 40.5 Å². The van der Waals surface area contributed by atoms with Gasteiger partial charge in [-0.25, -0.2) is 0 Å². The SMILES string of the molecule is Cc1cc([C@H]2C(C#N)=C(N)N(c3ccc([N+](=O)[O-])cc3Cl)C3=C2C(=O)CCC3)c(C)s1. The van der Waals surface area contributed by atoms with Gasteiger partial charge in [0.25, 0.3) is 5.69 Å². The molecule has 1 aromatic heterocycles. The monoisotopic (exact) mass is 454 g/mol. The summed E-state index contributed by atoms with van der Waals surface area (Å²) < 4.78 is 0. The van der Waals surface area contributed by atoms with Gasteiger partial charge in [-0.15, -0.1) is 11.3 Å². The number of halogens is 1. The lowest BCUT2D eigenvalue weighted by atomic mass is 9.75. The maximum Gasteiger partial charge on any atom is 0.271 e. The standard InChI is InChI=1S/C22H19ClN4O3S/c1-11-8-14(12(2)31-11)20-15(10-24)22(25)26(18-4-3-5-19(28)21(18)20)17-7-6-13(27(29)30)9-16(17)23/h6-9,20H,3-5,25H2,1-2H3/t20-/m0/s1. The van der Waals surface area contributed by atoms with Gasteiger partial charge in [-0.3, -0.25) is 19.8 Å². The van der Waals surface area contributed by atoms with E-state index >= 15 is 0 Å². The number of non-ortho nitro benzene ring substituents is 1. The zero-order valence-electron chi connectivity index (χ0n) is 16.9. The van der Waals surface area contributed by atoms with Gasteiger partial charge in [-0.2, -0.15) is 5.26 Å². The second-order valence-electron chi connectivity index (χ2n) is 7.58. The molecule has 1 atom stereocenters. The molecule has 9 heteroatoms. The lowest BCUT2D eigenvalue weighted by molar-refractivity contribution is -0.384. The minimum absolute atomic E-state index is 0.0159. The van der Waals surface area contributed by atoms with Crippen LogP contribution in [0.5, 0.6) is 0 Å².